The van der Waals surface area contributed by atoms with E-state index >= 15 is 0 Å². The van der Waals surface area contributed by atoms with Gasteiger partial charge in [-0.25, -0.2) is 8.42 Å². The lowest BCUT2D eigenvalue weighted by atomic mass is 9.92. The highest BCUT2D eigenvalue weighted by molar-refractivity contribution is 7.91. The molecule has 1 aliphatic rings. The van der Waals surface area contributed by atoms with Gasteiger partial charge in [-0.3, -0.25) is 0 Å². The molecule has 0 saturated heterocycles. The van der Waals surface area contributed by atoms with Crippen LogP contribution in [0.1, 0.15) is 59.3 Å². The zero-order valence-electron chi connectivity index (χ0n) is 12.8. The van der Waals surface area contributed by atoms with Gasteiger partial charge in [-0.1, -0.05) is 33.6 Å². The number of hydrogen-bond acceptors (Lipinski definition) is 3. The minimum Gasteiger partial charge on any atom is -0.314 e. The van der Waals surface area contributed by atoms with Gasteiger partial charge in [0.05, 0.1) is 5.75 Å². The van der Waals surface area contributed by atoms with Crippen LogP contribution in [0, 0.1) is 11.8 Å². The zero-order valence-corrected chi connectivity index (χ0v) is 13.6. The molecule has 0 bridgehead atoms. The Kier molecular flexibility index (Phi) is 7.37. The Bertz CT molecular complexity index is 340. The quantitative estimate of drug-likeness (QED) is 0.710. The highest BCUT2D eigenvalue weighted by Gasteiger charge is 2.29. The number of sulfone groups is 1. The predicted octanol–water partition coefficient (Wildman–Crippen LogP) is 3.01. The molecule has 1 rings (SSSR count). The Morgan fingerprint density at radius 2 is 1.95 bits per heavy atom. The summed E-state index contributed by atoms with van der Waals surface area (Å²) < 4.78 is 23.1. The van der Waals surface area contributed by atoms with Crippen LogP contribution in [-0.4, -0.2) is 32.5 Å². The molecular formula is C15H31NO2S. The molecule has 0 aromatic heterocycles. The molecular weight excluding hydrogens is 258 g/mol. The van der Waals surface area contributed by atoms with E-state index in [4.69, 9.17) is 0 Å². The van der Waals surface area contributed by atoms with E-state index in [0.717, 1.165) is 31.2 Å². The van der Waals surface area contributed by atoms with Crippen LogP contribution in [0.3, 0.4) is 0 Å². The van der Waals surface area contributed by atoms with Crippen LogP contribution in [-0.2, 0) is 9.84 Å². The molecule has 0 aromatic rings. The average Bonchev–Trinajstić information content (AvgIpc) is 2.86. The summed E-state index contributed by atoms with van der Waals surface area (Å²) in [6, 6.07) is 0.522. The van der Waals surface area contributed by atoms with E-state index in [0.29, 0.717) is 11.8 Å². The van der Waals surface area contributed by atoms with Crippen molar-refractivity contribution >= 4 is 9.84 Å². The lowest BCUT2D eigenvalue weighted by Crippen LogP contribution is -2.35. The first-order valence-electron chi connectivity index (χ1n) is 7.96. The van der Waals surface area contributed by atoms with Crippen LogP contribution in [0.5, 0.6) is 0 Å². The molecule has 3 unspecified atom stereocenters. The third kappa shape index (κ3) is 5.82. The van der Waals surface area contributed by atoms with Gasteiger partial charge < -0.3 is 5.32 Å². The van der Waals surface area contributed by atoms with Gasteiger partial charge in [-0.05, 0) is 44.1 Å². The molecule has 0 spiro atoms. The van der Waals surface area contributed by atoms with Gasteiger partial charge in [0.15, 0.2) is 0 Å². The second-order valence-electron chi connectivity index (χ2n) is 5.89. The Balaban J connectivity index is 2.41. The molecule has 4 heteroatoms. The maximum absolute atomic E-state index is 11.5. The van der Waals surface area contributed by atoms with Crippen molar-refractivity contribution in [2.75, 3.05) is 18.1 Å². The van der Waals surface area contributed by atoms with Crippen molar-refractivity contribution in [3.8, 4) is 0 Å². The molecule has 3 atom stereocenters. The molecule has 0 amide bonds. The summed E-state index contributed by atoms with van der Waals surface area (Å²) in [5.74, 6) is 2.29. The molecule has 1 fully saturated rings. The van der Waals surface area contributed by atoms with Gasteiger partial charge in [0, 0.05) is 11.8 Å². The normalized spacial score (nSPS) is 25.6. The van der Waals surface area contributed by atoms with Crippen LogP contribution in [0.15, 0.2) is 0 Å². The summed E-state index contributed by atoms with van der Waals surface area (Å²) >= 11 is 0. The highest BCUT2D eigenvalue weighted by Crippen LogP contribution is 2.36. The molecule has 19 heavy (non-hydrogen) atoms. The number of nitrogens with one attached hydrogen (secondary N) is 1. The van der Waals surface area contributed by atoms with Crippen molar-refractivity contribution in [3.63, 3.8) is 0 Å². The van der Waals surface area contributed by atoms with Crippen LogP contribution in [0.4, 0.5) is 0 Å². The Hall–Kier alpha value is -0.0900. The molecule has 1 saturated carbocycles. The van der Waals surface area contributed by atoms with Gasteiger partial charge in [0.1, 0.15) is 9.84 Å². The minimum atomic E-state index is -2.80. The summed E-state index contributed by atoms with van der Waals surface area (Å²) in [6.45, 7) is 7.14. The van der Waals surface area contributed by atoms with Crippen LogP contribution >= 0.6 is 0 Å². The van der Waals surface area contributed by atoms with Crippen molar-refractivity contribution < 1.29 is 8.42 Å². The second-order valence-corrected chi connectivity index (χ2v) is 8.36. The summed E-state index contributed by atoms with van der Waals surface area (Å²) in [6.07, 6.45) is 7.11. The average molecular weight is 289 g/mol. The maximum Gasteiger partial charge on any atom is 0.150 e. The van der Waals surface area contributed by atoms with Crippen LogP contribution in [0.25, 0.3) is 0 Å². The van der Waals surface area contributed by atoms with Crippen LogP contribution in [0.2, 0.25) is 0 Å². The minimum absolute atomic E-state index is 0.278. The Morgan fingerprint density at radius 1 is 1.21 bits per heavy atom. The SMILES string of the molecule is CCNC(CCCS(=O)(=O)CC)C1CCC(CC)C1. The molecule has 1 N–H and O–H groups in total. The molecule has 0 radical (unpaired) electrons. The molecule has 0 aromatic carbocycles. The summed E-state index contributed by atoms with van der Waals surface area (Å²) in [4.78, 5) is 0. The summed E-state index contributed by atoms with van der Waals surface area (Å²) in [7, 11) is -2.80. The van der Waals surface area contributed by atoms with E-state index in [1.54, 1.807) is 6.92 Å². The highest BCUT2D eigenvalue weighted by atomic mass is 32.2. The topological polar surface area (TPSA) is 46.2 Å². The van der Waals surface area contributed by atoms with E-state index in [-0.39, 0.29) is 5.75 Å². The lowest BCUT2D eigenvalue weighted by Gasteiger charge is -2.24. The maximum atomic E-state index is 11.5. The summed E-state index contributed by atoms with van der Waals surface area (Å²) in [5.41, 5.74) is 0. The first kappa shape index (κ1) is 17.0. The molecule has 0 heterocycles. The Labute approximate surface area is 119 Å². The third-order valence-corrected chi connectivity index (χ3v) is 6.40. The van der Waals surface area contributed by atoms with E-state index in [1.165, 1.54) is 25.7 Å². The van der Waals surface area contributed by atoms with E-state index < -0.39 is 9.84 Å². The fourth-order valence-corrected chi connectivity index (χ4v) is 4.18. The molecule has 0 aliphatic heterocycles. The Morgan fingerprint density at radius 3 is 2.47 bits per heavy atom. The monoisotopic (exact) mass is 289 g/mol. The van der Waals surface area contributed by atoms with Gasteiger partial charge in [-0.2, -0.15) is 0 Å². The van der Waals surface area contributed by atoms with Crippen molar-refractivity contribution in [2.45, 2.75) is 65.3 Å². The smallest absolute Gasteiger partial charge is 0.150 e. The molecule has 114 valence electrons. The largest absolute Gasteiger partial charge is 0.314 e. The van der Waals surface area contributed by atoms with E-state index in [9.17, 15) is 8.42 Å². The zero-order chi connectivity index (χ0) is 14.3. The van der Waals surface area contributed by atoms with Gasteiger partial charge in [-0.15, -0.1) is 0 Å². The van der Waals surface area contributed by atoms with Gasteiger partial charge in [0.25, 0.3) is 0 Å². The summed E-state index contributed by atoms with van der Waals surface area (Å²) in [5, 5.41) is 3.58. The molecule has 3 nitrogen and oxygen atoms in total. The van der Waals surface area contributed by atoms with Gasteiger partial charge >= 0.3 is 0 Å². The second kappa shape index (κ2) is 8.25. The van der Waals surface area contributed by atoms with Crippen molar-refractivity contribution in [2.24, 2.45) is 11.8 Å². The fourth-order valence-electron chi connectivity index (χ4n) is 3.28. The predicted molar refractivity (Wildman–Crippen MR) is 82.1 cm³/mol. The van der Waals surface area contributed by atoms with Crippen molar-refractivity contribution in [1.29, 1.82) is 0 Å². The first-order valence-corrected chi connectivity index (χ1v) is 9.78. The van der Waals surface area contributed by atoms with Gasteiger partial charge in [0.2, 0.25) is 0 Å². The number of hydrogen-bond donors (Lipinski definition) is 1. The lowest BCUT2D eigenvalue weighted by molar-refractivity contribution is 0.332. The standard InChI is InChI=1S/C15H31NO2S/c1-4-13-9-10-14(12-13)15(16-5-2)8-7-11-19(17,18)6-3/h13-16H,4-12H2,1-3H3. The fraction of sp³-hybridized carbons (Fsp3) is 1.00. The third-order valence-electron chi connectivity index (χ3n) is 4.60. The van der Waals surface area contributed by atoms with Crippen molar-refractivity contribution in [1.82, 2.24) is 5.32 Å². The first-order chi connectivity index (χ1) is 9.02. The van der Waals surface area contributed by atoms with Crippen molar-refractivity contribution in [3.05, 3.63) is 0 Å². The van der Waals surface area contributed by atoms with E-state index in [1.807, 2.05) is 0 Å². The van der Waals surface area contributed by atoms with E-state index in [2.05, 4.69) is 19.2 Å². The number of rotatable bonds is 9. The van der Waals surface area contributed by atoms with Crippen LogP contribution < -0.4 is 5.32 Å². The molecule has 1 aliphatic carbocycles.